The Morgan fingerprint density at radius 1 is 0.750 bits per heavy atom. The number of hydrogen-bond acceptors (Lipinski definition) is 8. The van der Waals surface area contributed by atoms with Crippen LogP contribution in [0.4, 0.5) is 0 Å². The summed E-state index contributed by atoms with van der Waals surface area (Å²) in [6.07, 6.45) is 0. The van der Waals surface area contributed by atoms with E-state index in [2.05, 4.69) is 19.7 Å². The third-order valence-electron chi connectivity index (χ3n) is 4.44. The molecule has 0 aliphatic carbocycles. The molecular formula is C28H30O8. The molecule has 2 aromatic rings. The topological polar surface area (TPSA) is 97.4 Å². The molecular weight excluding hydrogens is 464 g/mol. The van der Waals surface area contributed by atoms with Gasteiger partial charge in [-0.1, -0.05) is 37.4 Å². The van der Waals surface area contributed by atoms with Gasteiger partial charge in [-0.15, -0.1) is 0 Å². The van der Waals surface area contributed by atoms with Gasteiger partial charge in [-0.05, 0) is 62.2 Å². The predicted molar refractivity (Wildman–Crippen MR) is 135 cm³/mol. The Bertz CT molecular complexity index is 1140. The summed E-state index contributed by atoms with van der Waals surface area (Å²) in [5, 5.41) is 0. The number of rotatable bonds is 13. The second-order valence-corrected chi connectivity index (χ2v) is 8.06. The fraction of sp³-hybridized carbons (Fsp3) is 0.250. The van der Waals surface area contributed by atoms with Gasteiger partial charge in [0, 0.05) is 11.1 Å². The normalized spacial score (nSPS) is 10.2. The molecule has 0 saturated carbocycles. The Labute approximate surface area is 210 Å². The van der Waals surface area contributed by atoms with E-state index in [4.69, 9.17) is 23.7 Å². The third kappa shape index (κ3) is 9.23. The fourth-order valence-corrected chi connectivity index (χ4v) is 2.68. The molecule has 190 valence electrons. The van der Waals surface area contributed by atoms with Crippen molar-refractivity contribution in [3.63, 3.8) is 0 Å². The lowest BCUT2D eigenvalue weighted by Gasteiger charge is -2.12. The lowest BCUT2D eigenvalue weighted by atomic mass is 10.0. The predicted octanol–water partition coefficient (Wildman–Crippen LogP) is 5.04. The minimum absolute atomic E-state index is 0.0796. The van der Waals surface area contributed by atoms with Gasteiger partial charge in [-0.2, -0.15) is 0 Å². The van der Waals surface area contributed by atoms with E-state index in [9.17, 15) is 14.4 Å². The van der Waals surface area contributed by atoms with E-state index in [0.717, 1.165) is 11.1 Å². The lowest BCUT2D eigenvalue weighted by molar-refractivity contribution is -0.140. The molecule has 2 aromatic carbocycles. The minimum Gasteiger partial charge on any atom is -0.468 e. The number of hydrogen-bond donors (Lipinski definition) is 0. The molecule has 0 amide bonds. The fourth-order valence-electron chi connectivity index (χ4n) is 2.68. The van der Waals surface area contributed by atoms with Crippen LogP contribution in [-0.4, -0.2) is 44.5 Å². The van der Waals surface area contributed by atoms with Gasteiger partial charge in [0.1, 0.15) is 24.7 Å². The van der Waals surface area contributed by atoms with Gasteiger partial charge in [0.05, 0.1) is 12.2 Å². The highest BCUT2D eigenvalue weighted by molar-refractivity contribution is 5.93. The van der Waals surface area contributed by atoms with Gasteiger partial charge >= 0.3 is 17.9 Å². The van der Waals surface area contributed by atoms with Crippen molar-refractivity contribution >= 4 is 17.9 Å². The van der Waals surface area contributed by atoms with Crippen LogP contribution in [0.1, 0.15) is 31.1 Å². The molecule has 8 heteroatoms. The monoisotopic (exact) mass is 494 g/mol. The van der Waals surface area contributed by atoms with Crippen LogP contribution in [0.3, 0.4) is 0 Å². The summed E-state index contributed by atoms with van der Waals surface area (Å²) in [7, 11) is 0. The zero-order valence-corrected chi connectivity index (χ0v) is 20.8. The molecule has 0 atom stereocenters. The quantitative estimate of drug-likeness (QED) is 0.0954. The molecule has 0 fully saturated rings. The summed E-state index contributed by atoms with van der Waals surface area (Å²) in [5.41, 5.74) is 2.84. The van der Waals surface area contributed by atoms with Crippen molar-refractivity contribution in [2.45, 2.75) is 20.8 Å². The minimum atomic E-state index is -0.675. The van der Waals surface area contributed by atoms with Crippen LogP contribution < -0.4 is 9.47 Å². The van der Waals surface area contributed by atoms with Crippen LogP contribution in [0.2, 0.25) is 0 Å². The second kappa shape index (κ2) is 13.7. The van der Waals surface area contributed by atoms with E-state index in [0.29, 0.717) is 17.9 Å². The average Bonchev–Trinajstić information content (AvgIpc) is 2.84. The smallest absolute Gasteiger partial charge is 0.338 e. The summed E-state index contributed by atoms with van der Waals surface area (Å²) >= 11 is 0. The molecule has 0 aliphatic heterocycles. The molecule has 36 heavy (non-hydrogen) atoms. The van der Waals surface area contributed by atoms with Crippen LogP contribution in [-0.2, 0) is 23.8 Å². The molecule has 2 rings (SSSR count). The molecule has 8 nitrogen and oxygen atoms in total. The van der Waals surface area contributed by atoms with E-state index in [-0.39, 0.29) is 42.5 Å². The Hall–Kier alpha value is -4.17. The first-order chi connectivity index (χ1) is 17.1. The molecule has 0 N–H and O–H groups in total. The van der Waals surface area contributed by atoms with Crippen LogP contribution in [0.25, 0.3) is 11.1 Å². The molecule has 0 aromatic heterocycles. The molecule has 0 aliphatic rings. The van der Waals surface area contributed by atoms with Gasteiger partial charge in [0.2, 0.25) is 0 Å². The maximum Gasteiger partial charge on any atom is 0.338 e. The van der Waals surface area contributed by atoms with Gasteiger partial charge in [0.15, 0.2) is 6.79 Å². The molecule has 0 spiro atoms. The van der Waals surface area contributed by atoms with Crippen molar-refractivity contribution < 1.29 is 38.1 Å². The van der Waals surface area contributed by atoms with Gasteiger partial charge in [0.25, 0.3) is 0 Å². The average molecular weight is 495 g/mol. The van der Waals surface area contributed by atoms with Crippen molar-refractivity contribution in [1.82, 2.24) is 0 Å². The Kier molecular flexibility index (Phi) is 10.6. The third-order valence-corrected chi connectivity index (χ3v) is 4.44. The Morgan fingerprint density at radius 2 is 1.39 bits per heavy atom. The standard InChI is InChI=1S/C28H30O8/c1-18(2)16-32-17-35-24-9-7-21(8-10-24)22-13-23(15-25(14-22)36-27(30)20(5)6)28(31)34-12-11-33-26(29)19(3)4/h7-10,13-15H,1,3,5,11-12,16-17H2,2,4,6H3. The maximum atomic E-state index is 12.6. The van der Waals surface area contributed by atoms with Crippen molar-refractivity contribution in [3.05, 3.63) is 84.5 Å². The van der Waals surface area contributed by atoms with Crippen molar-refractivity contribution in [2.24, 2.45) is 0 Å². The molecule has 0 saturated heterocycles. The second-order valence-electron chi connectivity index (χ2n) is 8.06. The number of ether oxygens (including phenoxy) is 5. The maximum absolute atomic E-state index is 12.6. The highest BCUT2D eigenvalue weighted by Crippen LogP contribution is 2.28. The van der Waals surface area contributed by atoms with Crippen LogP contribution in [0.5, 0.6) is 11.5 Å². The zero-order valence-electron chi connectivity index (χ0n) is 20.8. The summed E-state index contributed by atoms with van der Waals surface area (Å²) in [5.74, 6) is -1.14. The number of carbonyl (C=O) groups excluding carboxylic acids is 3. The van der Waals surface area contributed by atoms with Gasteiger partial charge < -0.3 is 23.7 Å². The van der Waals surface area contributed by atoms with E-state index in [1.807, 2.05) is 6.92 Å². The largest absolute Gasteiger partial charge is 0.468 e. The summed E-state index contributed by atoms with van der Waals surface area (Å²) in [6, 6.07) is 11.7. The van der Waals surface area contributed by atoms with E-state index in [1.165, 1.54) is 19.9 Å². The van der Waals surface area contributed by atoms with Crippen LogP contribution in [0.15, 0.2) is 78.9 Å². The molecule has 0 bridgehead atoms. The Balaban J connectivity index is 2.18. The molecule has 0 heterocycles. The van der Waals surface area contributed by atoms with E-state index >= 15 is 0 Å². The van der Waals surface area contributed by atoms with Crippen molar-refractivity contribution in [1.29, 1.82) is 0 Å². The summed E-state index contributed by atoms with van der Waals surface area (Å²) in [6.45, 7) is 15.9. The lowest BCUT2D eigenvalue weighted by Crippen LogP contribution is -2.15. The molecule has 0 unspecified atom stereocenters. The number of benzene rings is 2. The van der Waals surface area contributed by atoms with Crippen LogP contribution in [0, 0.1) is 0 Å². The first-order valence-electron chi connectivity index (χ1n) is 11.0. The highest BCUT2D eigenvalue weighted by atomic mass is 16.7. The zero-order chi connectivity index (χ0) is 26.7. The summed E-state index contributed by atoms with van der Waals surface area (Å²) < 4.78 is 26.3. The van der Waals surface area contributed by atoms with Gasteiger partial charge in [-0.25, -0.2) is 14.4 Å². The van der Waals surface area contributed by atoms with E-state index in [1.54, 1.807) is 36.4 Å². The van der Waals surface area contributed by atoms with E-state index < -0.39 is 17.9 Å². The molecule has 0 radical (unpaired) electrons. The van der Waals surface area contributed by atoms with Gasteiger partial charge in [-0.3, -0.25) is 0 Å². The van der Waals surface area contributed by atoms with Crippen molar-refractivity contribution in [2.75, 3.05) is 26.6 Å². The SMILES string of the molecule is C=C(C)COCOc1ccc(-c2cc(OC(=O)C(=C)C)cc(C(=O)OCCOC(=O)C(=C)C)c2)cc1. The first-order valence-corrected chi connectivity index (χ1v) is 11.0. The summed E-state index contributed by atoms with van der Waals surface area (Å²) in [4.78, 5) is 36.2. The Morgan fingerprint density at radius 3 is 2.00 bits per heavy atom. The number of carbonyl (C=O) groups is 3. The highest BCUT2D eigenvalue weighted by Gasteiger charge is 2.15. The van der Waals surface area contributed by atoms with Crippen LogP contribution >= 0.6 is 0 Å². The number of esters is 3. The van der Waals surface area contributed by atoms with Crippen molar-refractivity contribution in [3.8, 4) is 22.6 Å². The first kappa shape index (κ1) is 28.1.